The minimum Gasteiger partial charge on any atom is -0.457 e. The van der Waals surface area contributed by atoms with Gasteiger partial charge in [0.1, 0.15) is 11.5 Å². The minimum absolute atomic E-state index is 0.0392. The second kappa shape index (κ2) is 9.48. The molecule has 4 aromatic rings. The number of anilines is 1. The van der Waals surface area contributed by atoms with Crippen LogP contribution in [0.15, 0.2) is 72.9 Å². The SMILES string of the molecule is O=C(Nc1cccc2cn[nH]c12)N1CC2(CCN(Cc3cccc(Oc4ccc(Cl)cc4)c3)CC2)C1. The van der Waals surface area contributed by atoms with Crippen molar-refractivity contribution in [3.05, 3.63) is 83.5 Å². The van der Waals surface area contributed by atoms with Crippen LogP contribution in [0.3, 0.4) is 0 Å². The first-order valence-corrected chi connectivity index (χ1v) is 12.7. The second-order valence-electron chi connectivity index (χ2n) is 9.91. The van der Waals surface area contributed by atoms with Crippen molar-refractivity contribution in [2.45, 2.75) is 19.4 Å². The van der Waals surface area contributed by atoms with Gasteiger partial charge in [-0.2, -0.15) is 5.10 Å². The van der Waals surface area contributed by atoms with Crippen molar-refractivity contribution in [3.63, 3.8) is 0 Å². The van der Waals surface area contributed by atoms with E-state index < -0.39 is 0 Å². The van der Waals surface area contributed by atoms with Crippen LogP contribution in [0.25, 0.3) is 10.9 Å². The fraction of sp³-hybridized carbons (Fsp3) is 0.286. The van der Waals surface area contributed by atoms with Gasteiger partial charge in [0.2, 0.25) is 0 Å². The van der Waals surface area contributed by atoms with E-state index in [1.165, 1.54) is 5.56 Å². The van der Waals surface area contributed by atoms with E-state index in [1.54, 1.807) is 6.20 Å². The van der Waals surface area contributed by atoms with Crippen LogP contribution in [0.2, 0.25) is 5.02 Å². The highest BCUT2D eigenvalue weighted by Gasteiger charge is 2.46. The number of amides is 2. The van der Waals surface area contributed by atoms with E-state index in [0.29, 0.717) is 5.02 Å². The number of fused-ring (bicyclic) bond motifs is 1. The van der Waals surface area contributed by atoms with E-state index in [4.69, 9.17) is 16.3 Å². The highest BCUT2D eigenvalue weighted by Crippen LogP contribution is 2.41. The molecule has 184 valence electrons. The summed E-state index contributed by atoms with van der Waals surface area (Å²) in [6, 6.07) is 21.4. The number of hydrogen-bond donors (Lipinski definition) is 2. The quantitative estimate of drug-likeness (QED) is 0.344. The van der Waals surface area contributed by atoms with Gasteiger partial charge in [0.05, 0.1) is 17.4 Å². The molecule has 3 heterocycles. The summed E-state index contributed by atoms with van der Waals surface area (Å²) >= 11 is 5.97. The van der Waals surface area contributed by atoms with Crippen molar-refractivity contribution in [3.8, 4) is 11.5 Å². The van der Waals surface area contributed by atoms with Crippen LogP contribution in [0.5, 0.6) is 11.5 Å². The number of rotatable bonds is 5. The van der Waals surface area contributed by atoms with Gasteiger partial charge in [-0.1, -0.05) is 35.9 Å². The number of carbonyl (C=O) groups excluding carboxylic acids is 1. The smallest absolute Gasteiger partial charge is 0.321 e. The lowest BCUT2D eigenvalue weighted by Crippen LogP contribution is -2.62. The van der Waals surface area contributed by atoms with Gasteiger partial charge in [-0.05, 0) is 74.0 Å². The molecule has 2 amide bonds. The van der Waals surface area contributed by atoms with Gasteiger partial charge in [-0.3, -0.25) is 10.00 Å². The van der Waals surface area contributed by atoms with Gasteiger partial charge in [0, 0.05) is 35.5 Å². The van der Waals surface area contributed by atoms with Gasteiger partial charge in [-0.15, -0.1) is 0 Å². The standard InChI is InChI=1S/C28H28ClN5O2/c29-22-7-9-23(10-8-22)36-24-5-1-3-20(15-24)17-33-13-11-28(12-14-33)18-34(19-28)27(35)31-25-6-2-4-21-16-30-32-26(21)25/h1-10,15-16H,11-14,17-19H2,(H,30,32)(H,31,35). The van der Waals surface area contributed by atoms with Crippen molar-refractivity contribution >= 4 is 34.2 Å². The van der Waals surface area contributed by atoms with E-state index in [1.807, 2.05) is 59.5 Å². The summed E-state index contributed by atoms with van der Waals surface area (Å²) in [6.45, 7) is 4.59. The molecule has 7 nitrogen and oxygen atoms in total. The van der Waals surface area contributed by atoms with Crippen molar-refractivity contribution < 1.29 is 9.53 Å². The predicted molar refractivity (Wildman–Crippen MR) is 142 cm³/mol. The molecule has 2 N–H and O–H groups in total. The minimum atomic E-state index is -0.0392. The molecule has 2 saturated heterocycles. The number of likely N-dealkylation sites (tertiary alicyclic amines) is 2. The number of benzene rings is 3. The van der Waals surface area contributed by atoms with Gasteiger partial charge in [0.15, 0.2) is 0 Å². The molecular formula is C28H28ClN5O2. The Morgan fingerprint density at radius 2 is 1.81 bits per heavy atom. The first-order chi connectivity index (χ1) is 17.6. The number of nitrogens with zero attached hydrogens (tertiary/aromatic N) is 3. The Labute approximate surface area is 215 Å². The number of nitrogens with one attached hydrogen (secondary N) is 2. The normalized spacial score (nSPS) is 17.2. The summed E-state index contributed by atoms with van der Waals surface area (Å²) in [5, 5.41) is 11.8. The van der Waals surface area contributed by atoms with Gasteiger partial charge in [0.25, 0.3) is 0 Å². The molecule has 8 heteroatoms. The molecule has 2 fully saturated rings. The van der Waals surface area contributed by atoms with Crippen LogP contribution in [0, 0.1) is 5.41 Å². The van der Waals surface area contributed by atoms with Crippen LogP contribution < -0.4 is 10.1 Å². The van der Waals surface area contributed by atoms with E-state index in [9.17, 15) is 4.79 Å². The topological polar surface area (TPSA) is 73.5 Å². The zero-order valence-corrected chi connectivity index (χ0v) is 20.7. The average molecular weight is 502 g/mol. The molecule has 6 rings (SSSR count). The summed E-state index contributed by atoms with van der Waals surface area (Å²) in [5.74, 6) is 1.60. The second-order valence-corrected chi connectivity index (χ2v) is 10.3. The molecule has 0 atom stereocenters. The van der Waals surface area contributed by atoms with Crippen molar-refractivity contribution in [1.82, 2.24) is 20.0 Å². The summed E-state index contributed by atoms with van der Waals surface area (Å²) in [6.07, 6.45) is 3.97. The van der Waals surface area contributed by atoms with Gasteiger partial charge in [-0.25, -0.2) is 4.79 Å². The Kier molecular flexibility index (Phi) is 6.03. The zero-order valence-electron chi connectivity index (χ0n) is 19.9. The lowest BCUT2D eigenvalue weighted by molar-refractivity contribution is -0.0200. The summed E-state index contributed by atoms with van der Waals surface area (Å²) in [5.41, 5.74) is 3.11. The van der Waals surface area contributed by atoms with E-state index in [2.05, 4.69) is 32.5 Å². The van der Waals surface area contributed by atoms with Crippen LogP contribution in [-0.2, 0) is 6.54 Å². The summed E-state index contributed by atoms with van der Waals surface area (Å²) < 4.78 is 5.99. The number of carbonyl (C=O) groups is 1. The van der Waals surface area contributed by atoms with Crippen LogP contribution in [0.4, 0.5) is 10.5 Å². The summed E-state index contributed by atoms with van der Waals surface area (Å²) in [7, 11) is 0. The lowest BCUT2D eigenvalue weighted by Gasteiger charge is -2.53. The number of piperidine rings is 1. The third-order valence-electron chi connectivity index (χ3n) is 7.33. The van der Waals surface area contributed by atoms with E-state index in [0.717, 1.165) is 73.7 Å². The molecule has 0 bridgehead atoms. The number of ether oxygens (including phenoxy) is 1. The molecule has 36 heavy (non-hydrogen) atoms. The van der Waals surface area contributed by atoms with Gasteiger partial charge >= 0.3 is 6.03 Å². The van der Waals surface area contributed by atoms with Crippen LogP contribution in [-0.4, -0.2) is 52.2 Å². The molecule has 0 unspecified atom stereocenters. The molecule has 0 aliphatic carbocycles. The first kappa shape index (κ1) is 22.9. The van der Waals surface area contributed by atoms with Crippen molar-refractivity contribution in [2.24, 2.45) is 5.41 Å². The number of H-pyrrole nitrogens is 1. The fourth-order valence-electron chi connectivity index (χ4n) is 5.28. The van der Waals surface area contributed by atoms with E-state index >= 15 is 0 Å². The largest absolute Gasteiger partial charge is 0.457 e. The molecular weight excluding hydrogens is 474 g/mol. The maximum atomic E-state index is 12.8. The van der Waals surface area contributed by atoms with Crippen molar-refractivity contribution in [2.75, 3.05) is 31.5 Å². The highest BCUT2D eigenvalue weighted by atomic mass is 35.5. The number of hydrogen-bond acceptors (Lipinski definition) is 4. The molecule has 0 saturated carbocycles. The third kappa shape index (κ3) is 4.76. The van der Waals surface area contributed by atoms with Crippen LogP contribution in [0.1, 0.15) is 18.4 Å². The monoisotopic (exact) mass is 501 g/mol. The van der Waals surface area contributed by atoms with Crippen molar-refractivity contribution in [1.29, 1.82) is 0 Å². The van der Waals surface area contributed by atoms with Crippen LogP contribution >= 0.6 is 11.6 Å². The van der Waals surface area contributed by atoms with E-state index in [-0.39, 0.29) is 11.4 Å². The molecule has 1 aromatic heterocycles. The Balaban J connectivity index is 0.997. The highest BCUT2D eigenvalue weighted by molar-refractivity contribution is 6.30. The number of aromatic amines is 1. The molecule has 2 aliphatic heterocycles. The maximum absolute atomic E-state index is 12.8. The Morgan fingerprint density at radius 3 is 2.61 bits per heavy atom. The molecule has 3 aromatic carbocycles. The number of halogens is 1. The third-order valence-corrected chi connectivity index (χ3v) is 7.58. The fourth-order valence-corrected chi connectivity index (χ4v) is 5.41. The Hall–Kier alpha value is -3.55. The molecule has 0 radical (unpaired) electrons. The zero-order chi connectivity index (χ0) is 24.5. The lowest BCUT2D eigenvalue weighted by atomic mass is 9.72. The number of aromatic nitrogens is 2. The Morgan fingerprint density at radius 1 is 1.03 bits per heavy atom. The first-order valence-electron chi connectivity index (χ1n) is 12.3. The average Bonchev–Trinajstić information content (AvgIpc) is 3.35. The number of urea groups is 1. The molecule has 1 spiro atoms. The summed E-state index contributed by atoms with van der Waals surface area (Å²) in [4.78, 5) is 17.2. The predicted octanol–water partition coefficient (Wildman–Crippen LogP) is 6.14. The molecule has 2 aliphatic rings. The van der Waals surface area contributed by atoms with Gasteiger partial charge < -0.3 is 15.0 Å². The maximum Gasteiger partial charge on any atom is 0.321 e. The number of para-hydroxylation sites is 1. The Bertz CT molecular complexity index is 1370.